The highest BCUT2D eigenvalue weighted by Gasteiger charge is 2.25. The lowest BCUT2D eigenvalue weighted by molar-refractivity contribution is 0.0924. The normalized spacial score (nSPS) is 18.3. The van der Waals surface area contributed by atoms with Gasteiger partial charge in [-0.3, -0.25) is 4.79 Å². The van der Waals surface area contributed by atoms with Gasteiger partial charge in [-0.25, -0.2) is 0 Å². The van der Waals surface area contributed by atoms with Gasteiger partial charge in [-0.2, -0.15) is 0 Å². The van der Waals surface area contributed by atoms with Crippen molar-refractivity contribution in [3.63, 3.8) is 0 Å². The van der Waals surface area contributed by atoms with Crippen molar-refractivity contribution in [1.82, 2.24) is 5.32 Å². The number of carbonyl (C=O) groups is 1. The van der Waals surface area contributed by atoms with Crippen LogP contribution in [0.2, 0.25) is 0 Å². The van der Waals surface area contributed by atoms with Crippen LogP contribution < -0.4 is 14.8 Å². The van der Waals surface area contributed by atoms with Crippen LogP contribution >= 0.6 is 12.4 Å². The summed E-state index contributed by atoms with van der Waals surface area (Å²) >= 11 is 0. The molecule has 1 saturated carbocycles. The topological polar surface area (TPSA) is 47.6 Å². The number of hydrogen-bond donors (Lipinski definition) is 1. The molecule has 0 bridgehead atoms. The monoisotopic (exact) mass is 339 g/mol. The quantitative estimate of drug-likeness (QED) is 0.792. The van der Waals surface area contributed by atoms with Gasteiger partial charge in [0.15, 0.2) is 17.3 Å². The molecule has 1 aliphatic carbocycles. The average Bonchev–Trinajstić information content (AvgIpc) is 3.02. The Hall–Kier alpha value is -1.26. The van der Waals surface area contributed by atoms with E-state index in [4.69, 9.17) is 9.47 Å². The van der Waals surface area contributed by atoms with Gasteiger partial charge >= 0.3 is 0 Å². The second kappa shape index (κ2) is 8.55. The molecule has 4 nitrogen and oxygen atoms in total. The molecule has 1 unspecified atom stereocenters. The van der Waals surface area contributed by atoms with E-state index in [-0.39, 0.29) is 31.0 Å². The minimum Gasteiger partial charge on any atom is -0.454 e. The molecule has 0 spiro atoms. The fourth-order valence-corrected chi connectivity index (χ4v) is 3.38. The van der Waals surface area contributed by atoms with E-state index in [1.54, 1.807) is 0 Å². The Morgan fingerprint density at radius 3 is 2.70 bits per heavy atom. The molecule has 1 aromatic carbocycles. The Morgan fingerprint density at radius 1 is 1.22 bits per heavy atom. The van der Waals surface area contributed by atoms with Crippen molar-refractivity contribution < 1.29 is 14.3 Å². The third-order valence-corrected chi connectivity index (χ3v) is 4.59. The minimum absolute atomic E-state index is 0. The summed E-state index contributed by atoms with van der Waals surface area (Å²) in [5.74, 6) is 1.58. The van der Waals surface area contributed by atoms with E-state index in [1.165, 1.54) is 32.1 Å². The van der Waals surface area contributed by atoms with E-state index >= 15 is 0 Å². The first kappa shape index (κ1) is 18.1. The van der Waals surface area contributed by atoms with Gasteiger partial charge in [0.1, 0.15) is 0 Å². The molecule has 3 rings (SSSR count). The zero-order valence-corrected chi connectivity index (χ0v) is 14.5. The van der Waals surface area contributed by atoms with E-state index in [0.29, 0.717) is 17.4 Å². The van der Waals surface area contributed by atoms with Gasteiger partial charge in [0, 0.05) is 11.6 Å². The Balaban J connectivity index is 0.00000192. The number of ether oxygens (including phenoxy) is 2. The molecule has 0 amide bonds. The fraction of sp³-hybridized carbons (Fsp3) is 0.611. The second-order valence-electron chi connectivity index (χ2n) is 6.28. The third-order valence-electron chi connectivity index (χ3n) is 4.59. The summed E-state index contributed by atoms with van der Waals surface area (Å²) in [6.45, 7) is 2.37. The van der Waals surface area contributed by atoms with Crippen molar-refractivity contribution in [2.75, 3.05) is 6.79 Å². The van der Waals surface area contributed by atoms with Crippen molar-refractivity contribution in [2.24, 2.45) is 0 Å². The summed E-state index contributed by atoms with van der Waals surface area (Å²) in [6, 6.07) is 5.90. The summed E-state index contributed by atoms with van der Waals surface area (Å²) in [4.78, 5) is 12.8. The molecule has 1 aliphatic heterocycles. The van der Waals surface area contributed by atoms with Crippen LogP contribution in [0.1, 0.15) is 62.2 Å². The van der Waals surface area contributed by atoms with Crippen LogP contribution in [0, 0.1) is 0 Å². The highest BCUT2D eigenvalue weighted by molar-refractivity contribution is 6.00. The first-order valence-corrected chi connectivity index (χ1v) is 8.48. The summed E-state index contributed by atoms with van der Waals surface area (Å²) in [5, 5.41) is 3.60. The maximum Gasteiger partial charge on any atom is 0.231 e. The molecular formula is C18H26ClNO3. The van der Waals surface area contributed by atoms with Gasteiger partial charge in [-0.15, -0.1) is 12.4 Å². The summed E-state index contributed by atoms with van der Waals surface area (Å²) in [7, 11) is 0. The zero-order valence-electron chi connectivity index (χ0n) is 13.7. The molecule has 23 heavy (non-hydrogen) atoms. The lowest BCUT2D eigenvalue weighted by atomic mass is 9.92. The average molecular weight is 340 g/mol. The Labute approximate surface area is 144 Å². The number of fused-ring (bicyclic) bond motifs is 1. The lowest BCUT2D eigenvalue weighted by Gasteiger charge is -2.27. The molecule has 5 heteroatoms. The Kier molecular flexibility index (Phi) is 6.72. The summed E-state index contributed by atoms with van der Waals surface area (Å²) in [5.41, 5.74) is 0.714. The van der Waals surface area contributed by atoms with Crippen molar-refractivity contribution in [2.45, 2.75) is 64.0 Å². The molecule has 1 aromatic rings. The van der Waals surface area contributed by atoms with Crippen LogP contribution in [0.25, 0.3) is 0 Å². The summed E-state index contributed by atoms with van der Waals surface area (Å²) in [6.07, 6.45) is 8.13. The van der Waals surface area contributed by atoms with Gasteiger partial charge in [0.05, 0.1) is 6.04 Å². The standard InChI is InChI=1S/C18H25NO3.ClH/c1-2-6-15(19-14-7-4-3-5-8-14)18(20)13-9-10-16-17(11-13)22-12-21-16;/h9-11,14-15,19H,2-8,12H2,1H3;1H. The number of halogens is 1. The Morgan fingerprint density at radius 2 is 1.96 bits per heavy atom. The third kappa shape index (κ3) is 4.39. The highest BCUT2D eigenvalue weighted by Crippen LogP contribution is 2.33. The van der Waals surface area contributed by atoms with E-state index in [0.717, 1.165) is 18.6 Å². The van der Waals surface area contributed by atoms with Crippen LogP contribution in [0.5, 0.6) is 11.5 Å². The van der Waals surface area contributed by atoms with Gasteiger partial charge < -0.3 is 14.8 Å². The van der Waals surface area contributed by atoms with Crippen molar-refractivity contribution in [3.8, 4) is 11.5 Å². The largest absolute Gasteiger partial charge is 0.454 e. The zero-order chi connectivity index (χ0) is 15.4. The van der Waals surface area contributed by atoms with E-state index in [2.05, 4.69) is 12.2 Å². The first-order chi connectivity index (χ1) is 10.8. The van der Waals surface area contributed by atoms with Gasteiger partial charge in [-0.1, -0.05) is 32.6 Å². The van der Waals surface area contributed by atoms with Crippen molar-refractivity contribution in [3.05, 3.63) is 23.8 Å². The van der Waals surface area contributed by atoms with Crippen molar-refractivity contribution in [1.29, 1.82) is 0 Å². The molecule has 2 aliphatic rings. The number of nitrogens with one attached hydrogen (secondary N) is 1. The number of hydrogen-bond acceptors (Lipinski definition) is 4. The lowest BCUT2D eigenvalue weighted by Crippen LogP contribution is -2.44. The smallest absolute Gasteiger partial charge is 0.231 e. The summed E-state index contributed by atoms with van der Waals surface area (Å²) < 4.78 is 10.7. The number of rotatable bonds is 6. The Bertz CT molecular complexity index is 529. The maximum atomic E-state index is 12.8. The van der Waals surface area contributed by atoms with Crippen LogP contribution in [0.15, 0.2) is 18.2 Å². The number of carbonyl (C=O) groups excluding carboxylic acids is 1. The predicted molar refractivity (Wildman–Crippen MR) is 92.8 cm³/mol. The van der Waals surface area contributed by atoms with Crippen molar-refractivity contribution >= 4 is 18.2 Å². The minimum atomic E-state index is -0.0894. The molecule has 0 aromatic heterocycles. The van der Waals surface area contributed by atoms with Gasteiger partial charge in [0.2, 0.25) is 6.79 Å². The molecule has 0 saturated heterocycles. The van der Waals surface area contributed by atoms with Crippen LogP contribution in [0.4, 0.5) is 0 Å². The van der Waals surface area contributed by atoms with E-state index in [1.807, 2.05) is 18.2 Å². The maximum absolute atomic E-state index is 12.8. The fourth-order valence-electron chi connectivity index (χ4n) is 3.38. The van der Waals surface area contributed by atoms with Gasteiger partial charge in [-0.05, 0) is 37.5 Å². The van der Waals surface area contributed by atoms with Gasteiger partial charge in [0.25, 0.3) is 0 Å². The molecule has 1 heterocycles. The predicted octanol–water partition coefficient (Wildman–Crippen LogP) is 4.11. The second-order valence-corrected chi connectivity index (χ2v) is 6.28. The van der Waals surface area contributed by atoms with Crippen LogP contribution in [-0.2, 0) is 0 Å². The molecule has 1 fully saturated rings. The molecule has 0 radical (unpaired) electrons. The SMILES string of the molecule is CCCC(NC1CCCCC1)C(=O)c1ccc2c(c1)OCO2.Cl. The molecule has 128 valence electrons. The molecule has 1 atom stereocenters. The first-order valence-electron chi connectivity index (χ1n) is 8.48. The number of ketones is 1. The number of Topliss-reactive ketones (excluding diaryl/α,β-unsaturated/α-hetero) is 1. The van der Waals surface area contributed by atoms with E-state index < -0.39 is 0 Å². The molecule has 1 N–H and O–H groups in total. The van der Waals surface area contributed by atoms with Crippen LogP contribution in [-0.4, -0.2) is 24.7 Å². The van der Waals surface area contributed by atoms with E-state index in [9.17, 15) is 4.79 Å². The van der Waals surface area contributed by atoms with Crippen LogP contribution in [0.3, 0.4) is 0 Å². The highest BCUT2D eigenvalue weighted by atomic mass is 35.5. The number of benzene rings is 1. The molecular weight excluding hydrogens is 314 g/mol.